The van der Waals surface area contributed by atoms with E-state index in [9.17, 15) is 91.0 Å². The molecule has 3 heterocycles. The first kappa shape index (κ1) is 49.0. The third-order valence-corrected chi connectivity index (χ3v) is 9.62. The Kier molecular flexibility index (Phi) is 18.2. The molecule has 3 saturated heterocycles. The van der Waals surface area contributed by atoms with Crippen LogP contribution in [0.1, 0.15) is 20.3 Å². The molecule has 0 aromatic rings. The average Bonchev–Trinajstić information content (AvgIpc) is 3.17. The summed E-state index contributed by atoms with van der Waals surface area (Å²) in [5, 5.41) is 160. The predicted molar refractivity (Wildman–Crippen MR) is 176 cm³/mol. The largest absolute Gasteiger partial charge is 0.477 e. The number of aliphatic hydroxyl groups is 14. The van der Waals surface area contributed by atoms with E-state index in [1.807, 2.05) is 0 Å². The van der Waals surface area contributed by atoms with Crippen LogP contribution in [0.4, 0.5) is 0 Å². The monoisotopic (exact) mass is 838 g/mol. The van der Waals surface area contributed by atoms with Gasteiger partial charge in [-0.05, 0) is 0 Å². The SMILES string of the molecule is CC(=O)N[C@H]1[C@H](O[C@@H]([C@H](O)[C@H](O)CO)[C@H](O)CO)O[C@H](CO)[C@@H](O[C@@H]2O[C@H](CO)[C@H](O)[C@H](O[C@]3(C(=O)O)C[C@H](O)[C@@H](NC(C)=O)[C@H]([C@H](O)[C@H](O)CO)O3)[C@H]2O)[C@@H]1O. The lowest BCUT2D eigenvalue weighted by molar-refractivity contribution is -0.384. The first-order valence-electron chi connectivity index (χ1n) is 17.6. The van der Waals surface area contributed by atoms with Crippen LogP contribution in [-0.4, -0.2) is 249 Å². The number of ether oxygens (including phenoxy) is 6. The summed E-state index contributed by atoms with van der Waals surface area (Å²) < 4.78 is 33.6. The van der Waals surface area contributed by atoms with Crippen LogP contribution < -0.4 is 10.6 Å². The van der Waals surface area contributed by atoms with Crippen LogP contribution in [-0.2, 0) is 42.8 Å². The zero-order valence-electron chi connectivity index (χ0n) is 30.6. The normalized spacial score (nSPS) is 39.3. The van der Waals surface area contributed by atoms with E-state index in [1.165, 1.54) is 0 Å². The molecular formula is C31H54N2O24. The number of hydrogen-bond donors (Lipinski definition) is 17. The van der Waals surface area contributed by atoms with Crippen LogP contribution in [0.2, 0.25) is 0 Å². The van der Waals surface area contributed by atoms with Gasteiger partial charge in [0.05, 0.1) is 45.2 Å². The van der Waals surface area contributed by atoms with Crippen LogP contribution in [0.25, 0.3) is 0 Å². The zero-order valence-corrected chi connectivity index (χ0v) is 30.6. The number of aliphatic hydroxyl groups excluding tert-OH is 14. The highest BCUT2D eigenvalue weighted by Crippen LogP contribution is 2.38. The van der Waals surface area contributed by atoms with Gasteiger partial charge in [-0.15, -0.1) is 0 Å². The summed E-state index contributed by atoms with van der Waals surface area (Å²) >= 11 is 0. The third-order valence-electron chi connectivity index (χ3n) is 9.62. The van der Waals surface area contributed by atoms with Gasteiger partial charge in [-0.2, -0.15) is 0 Å². The summed E-state index contributed by atoms with van der Waals surface area (Å²) in [6, 6.07) is -3.37. The Bertz CT molecular complexity index is 1300. The van der Waals surface area contributed by atoms with Crippen molar-refractivity contribution >= 4 is 17.8 Å². The lowest BCUT2D eigenvalue weighted by Gasteiger charge is -2.51. The zero-order chi connectivity index (χ0) is 43.1. The van der Waals surface area contributed by atoms with E-state index in [-0.39, 0.29) is 0 Å². The molecule has 0 aromatic carbocycles. The second kappa shape index (κ2) is 21.2. The molecule has 332 valence electrons. The van der Waals surface area contributed by atoms with Crippen LogP contribution in [0.5, 0.6) is 0 Å². The quantitative estimate of drug-likeness (QED) is 0.0574. The molecule has 0 bridgehead atoms. The molecule has 2 amide bonds. The van der Waals surface area contributed by atoms with Gasteiger partial charge < -0.3 is 116 Å². The standard InChI is InChI=1S/C31H54N2O24/c1-9(39)32-17-11(41)3-31(30(50)51,56-26(17)20(46)13(43)5-35)57-27-21(47)15(7-37)52-29(23(27)49)55-25-16(8-38)53-28(18(22(25)48)33-10(2)40)54-24(14(44)6-36)19(45)12(42)4-34/h11-29,34-38,41-49H,3-8H2,1-2H3,(H,32,39)(H,33,40)(H,50,51)/t11-,12+,13+,14+,15+,16+,17+,18+,19+,20+,21-,22+,23+,24+,25+,26+,27-,28-,29-,31-/m0/s1. The summed E-state index contributed by atoms with van der Waals surface area (Å²) in [6.45, 7) is -3.33. The Hall–Kier alpha value is -2.39. The number of carbonyl (C=O) groups is 3. The molecule has 0 aliphatic carbocycles. The molecule has 17 N–H and O–H groups in total. The van der Waals surface area contributed by atoms with Gasteiger partial charge in [0.15, 0.2) is 12.6 Å². The van der Waals surface area contributed by atoms with Gasteiger partial charge in [0.2, 0.25) is 11.8 Å². The maximum atomic E-state index is 12.8. The summed E-state index contributed by atoms with van der Waals surface area (Å²) in [5.74, 6) is -6.81. The number of hydrogen-bond acceptors (Lipinski definition) is 23. The van der Waals surface area contributed by atoms with E-state index in [0.717, 1.165) is 13.8 Å². The number of carboxylic acid groups (broad SMARTS) is 1. The summed E-state index contributed by atoms with van der Waals surface area (Å²) in [5.41, 5.74) is 0. The Labute approximate surface area is 323 Å². The van der Waals surface area contributed by atoms with Gasteiger partial charge >= 0.3 is 5.97 Å². The van der Waals surface area contributed by atoms with E-state index in [2.05, 4.69) is 10.6 Å². The minimum Gasteiger partial charge on any atom is -0.477 e. The maximum absolute atomic E-state index is 12.8. The number of rotatable bonds is 19. The summed E-state index contributed by atoms with van der Waals surface area (Å²) in [7, 11) is 0. The van der Waals surface area contributed by atoms with Crippen LogP contribution in [0.3, 0.4) is 0 Å². The van der Waals surface area contributed by atoms with Crippen molar-refractivity contribution in [2.75, 3.05) is 33.0 Å². The fraction of sp³-hybridized carbons (Fsp3) is 0.903. The molecule has 3 rings (SSSR count). The Morgan fingerprint density at radius 2 is 1.26 bits per heavy atom. The second-order valence-electron chi connectivity index (χ2n) is 13.8. The topological polar surface area (TPSA) is 434 Å². The molecule has 0 saturated carbocycles. The second-order valence-corrected chi connectivity index (χ2v) is 13.8. The summed E-state index contributed by atoms with van der Waals surface area (Å²) in [4.78, 5) is 36.9. The summed E-state index contributed by atoms with van der Waals surface area (Å²) in [6.07, 6.45) is -35.4. The van der Waals surface area contributed by atoms with E-state index < -0.39 is 179 Å². The molecule has 0 spiro atoms. The number of carbonyl (C=O) groups excluding carboxylic acids is 2. The highest BCUT2D eigenvalue weighted by atomic mass is 16.8. The van der Waals surface area contributed by atoms with Gasteiger partial charge in [0.25, 0.3) is 5.79 Å². The Morgan fingerprint density at radius 3 is 1.77 bits per heavy atom. The highest BCUT2D eigenvalue weighted by molar-refractivity contribution is 5.76. The molecule has 3 aliphatic heterocycles. The van der Waals surface area contributed by atoms with Gasteiger partial charge in [-0.25, -0.2) is 4.79 Å². The molecule has 3 fully saturated rings. The first-order valence-corrected chi connectivity index (χ1v) is 17.6. The maximum Gasteiger partial charge on any atom is 0.364 e. The molecule has 26 nitrogen and oxygen atoms in total. The minimum atomic E-state index is -3.13. The van der Waals surface area contributed by atoms with Crippen molar-refractivity contribution in [3.63, 3.8) is 0 Å². The molecule has 0 aromatic heterocycles. The Morgan fingerprint density at radius 1 is 0.719 bits per heavy atom. The van der Waals surface area contributed by atoms with Gasteiger partial charge in [-0.3, -0.25) is 9.59 Å². The molecule has 0 radical (unpaired) electrons. The smallest absolute Gasteiger partial charge is 0.364 e. The lowest BCUT2D eigenvalue weighted by Crippen LogP contribution is -2.71. The fourth-order valence-electron chi connectivity index (χ4n) is 6.65. The molecule has 0 unspecified atom stereocenters. The van der Waals surface area contributed by atoms with Crippen molar-refractivity contribution in [3.05, 3.63) is 0 Å². The Balaban J connectivity index is 1.98. The number of nitrogens with one attached hydrogen (secondary N) is 2. The molecular weight excluding hydrogens is 784 g/mol. The highest BCUT2D eigenvalue weighted by Gasteiger charge is 2.60. The number of aliphatic carboxylic acids is 1. The van der Waals surface area contributed by atoms with Gasteiger partial charge in [-0.1, -0.05) is 0 Å². The number of carboxylic acids is 1. The van der Waals surface area contributed by atoms with Crippen LogP contribution in [0, 0.1) is 0 Å². The van der Waals surface area contributed by atoms with Gasteiger partial charge in [0, 0.05) is 20.3 Å². The van der Waals surface area contributed by atoms with Crippen molar-refractivity contribution in [2.45, 2.75) is 142 Å². The van der Waals surface area contributed by atoms with E-state index in [0.29, 0.717) is 0 Å². The average molecular weight is 839 g/mol. The predicted octanol–water partition coefficient (Wildman–Crippen LogP) is -10.6. The fourth-order valence-corrected chi connectivity index (χ4v) is 6.65. The van der Waals surface area contributed by atoms with Crippen molar-refractivity contribution < 1.29 is 119 Å². The van der Waals surface area contributed by atoms with Crippen molar-refractivity contribution in [2.24, 2.45) is 0 Å². The molecule has 20 atom stereocenters. The van der Waals surface area contributed by atoms with Crippen molar-refractivity contribution in [1.29, 1.82) is 0 Å². The molecule has 3 aliphatic rings. The van der Waals surface area contributed by atoms with E-state index >= 15 is 0 Å². The van der Waals surface area contributed by atoms with Crippen LogP contribution >= 0.6 is 0 Å². The van der Waals surface area contributed by atoms with Gasteiger partial charge in [0.1, 0.15) is 91.5 Å². The lowest BCUT2D eigenvalue weighted by atomic mass is 9.88. The third kappa shape index (κ3) is 11.3. The van der Waals surface area contributed by atoms with E-state index in [1.54, 1.807) is 0 Å². The van der Waals surface area contributed by atoms with E-state index in [4.69, 9.17) is 28.4 Å². The van der Waals surface area contributed by atoms with Crippen LogP contribution in [0.15, 0.2) is 0 Å². The van der Waals surface area contributed by atoms with Crippen molar-refractivity contribution in [1.82, 2.24) is 10.6 Å². The van der Waals surface area contributed by atoms with Crippen molar-refractivity contribution in [3.8, 4) is 0 Å². The minimum absolute atomic E-state index is 0.794. The molecule has 57 heavy (non-hydrogen) atoms. The number of amides is 2. The first-order chi connectivity index (χ1) is 26.7. The molecule has 26 heteroatoms.